The Bertz CT molecular complexity index is 443. The van der Waals surface area contributed by atoms with Crippen LogP contribution >= 0.6 is 0 Å². The van der Waals surface area contributed by atoms with Gasteiger partial charge in [0, 0.05) is 57.8 Å². The second-order valence-electron chi connectivity index (χ2n) is 8.33. The van der Waals surface area contributed by atoms with Crippen LogP contribution in [0.1, 0.15) is 33.1 Å². The molecule has 3 aliphatic heterocycles. The number of guanidine groups is 1. The molecule has 1 spiro atoms. The Balaban J connectivity index is 1.54. The van der Waals surface area contributed by atoms with Crippen molar-refractivity contribution < 1.29 is 9.47 Å². The topological polar surface area (TPSA) is 49.3 Å². The van der Waals surface area contributed by atoms with Gasteiger partial charge < -0.3 is 19.7 Å². The molecule has 3 aliphatic rings. The lowest BCUT2D eigenvalue weighted by atomic mass is 9.87. The molecule has 0 saturated carbocycles. The number of nitrogens with zero attached hydrogens (tertiary/aromatic N) is 3. The number of ether oxygens (including phenoxy) is 2. The number of morpholine rings is 1. The Morgan fingerprint density at radius 1 is 1.12 bits per heavy atom. The zero-order valence-corrected chi connectivity index (χ0v) is 16.3. The zero-order valence-electron chi connectivity index (χ0n) is 16.3. The SMILES string of the molecule is CN=C(NCC(CC(C)C)N1CCOCC1)N1CCC2(CCOC2)C1. The molecule has 3 fully saturated rings. The second kappa shape index (κ2) is 8.69. The fraction of sp³-hybridized carbons (Fsp3) is 0.947. The summed E-state index contributed by atoms with van der Waals surface area (Å²) in [4.78, 5) is 9.58. The van der Waals surface area contributed by atoms with Crippen LogP contribution in [0.15, 0.2) is 4.99 Å². The molecule has 2 atom stereocenters. The Morgan fingerprint density at radius 3 is 2.56 bits per heavy atom. The van der Waals surface area contributed by atoms with Crippen molar-refractivity contribution in [2.24, 2.45) is 16.3 Å². The lowest BCUT2D eigenvalue weighted by Crippen LogP contribution is -2.51. The fourth-order valence-electron chi connectivity index (χ4n) is 4.48. The summed E-state index contributed by atoms with van der Waals surface area (Å²) < 4.78 is 11.2. The summed E-state index contributed by atoms with van der Waals surface area (Å²) in [6.45, 7) is 13.4. The molecule has 25 heavy (non-hydrogen) atoms. The largest absolute Gasteiger partial charge is 0.381 e. The van der Waals surface area contributed by atoms with E-state index < -0.39 is 0 Å². The van der Waals surface area contributed by atoms with Gasteiger partial charge in [0.25, 0.3) is 0 Å². The van der Waals surface area contributed by atoms with Gasteiger partial charge in [-0.15, -0.1) is 0 Å². The van der Waals surface area contributed by atoms with Crippen molar-refractivity contribution in [3.05, 3.63) is 0 Å². The molecule has 1 N–H and O–H groups in total. The second-order valence-corrected chi connectivity index (χ2v) is 8.33. The van der Waals surface area contributed by atoms with Crippen LogP contribution in [0.5, 0.6) is 0 Å². The van der Waals surface area contributed by atoms with Crippen molar-refractivity contribution in [3.8, 4) is 0 Å². The molecule has 3 saturated heterocycles. The number of hydrogen-bond donors (Lipinski definition) is 1. The summed E-state index contributed by atoms with van der Waals surface area (Å²) in [6.07, 6.45) is 3.64. The van der Waals surface area contributed by atoms with E-state index in [1.54, 1.807) is 0 Å². The number of aliphatic imine (C=N–C) groups is 1. The maximum absolute atomic E-state index is 5.66. The van der Waals surface area contributed by atoms with Gasteiger partial charge in [0.05, 0.1) is 19.8 Å². The molecule has 3 rings (SSSR count). The van der Waals surface area contributed by atoms with Crippen molar-refractivity contribution in [3.63, 3.8) is 0 Å². The van der Waals surface area contributed by atoms with E-state index in [4.69, 9.17) is 9.47 Å². The highest BCUT2D eigenvalue weighted by Gasteiger charge is 2.42. The fourth-order valence-corrected chi connectivity index (χ4v) is 4.48. The van der Waals surface area contributed by atoms with E-state index >= 15 is 0 Å². The summed E-state index contributed by atoms with van der Waals surface area (Å²) in [7, 11) is 1.91. The molecule has 6 heteroatoms. The van der Waals surface area contributed by atoms with Crippen LogP contribution in [0, 0.1) is 11.3 Å². The van der Waals surface area contributed by atoms with E-state index in [0.717, 1.165) is 65.1 Å². The van der Waals surface area contributed by atoms with Crippen molar-refractivity contribution >= 4 is 5.96 Å². The van der Waals surface area contributed by atoms with Crippen molar-refractivity contribution in [1.82, 2.24) is 15.1 Å². The quantitative estimate of drug-likeness (QED) is 0.599. The van der Waals surface area contributed by atoms with Gasteiger partial charge in [-0.2, -0.15) is 0 Å². The Morgan fingerprint density at radius 2 is 1.92 bits per heavy atom. The lowest BCUT2D eigenvalue weighted by Gasteiger charge is -2.36. The van der Waals surface area contributed by atoms with E-state index in [1.807, 2.05) is 7.05 Å². The average Bonchev–Trinajstić information content (AvgIpc) is 3.25. The van der Waals surface area contributed by atoms with Crippen LogP contribution in [-0.4, -0.2) is 88.0 Å². The van der Waals surface area contributed by atoms with Gasteiger partial charge in [-0.1, -0.05) is 13.8 Å². The molecule has 0 radical (unpaired) electrons. The van der Waals surface area contributed by atoms with Gasteiger partial charge in [0.2, 0.25) is 0 Å². The molecule has 0 aromatic carbocycles. The van der Waals surface area contributed by atoms with Gasteiger partial charge in [0.1, 0.15) is 0 Å². The van der Waals surface area contributed by atoms with Crippen molar-refractivity contribution in [2.45, 2.75) is 39.2 Å². The highest BCUT2D eigenvalue weighted by atomic mass is 16.5. The van der Waals surface area contributed by atoms with E-state index in [2.05, 4.69) is 34.0 Å². The van der Waals surface area contributed by atoms with E-state index in [9.17, 15) is 0 Å². The monoisotopic (exact) mass is 352 g/mol. The third kappa shape index (κ3) is 4.86. The Hall–Kier alpha value is -0.850. The third-order valence-corrected chi connectivity index (χ3v) is 5.94. The van der Waals surface area contributed by atoms with Crippen LogP contribution in [0.3, 0.4) is 0 Å². The maximum Gasteiger partial charge on any atom is 0.193 e. The smallest absolute Gasteiger partial charge is 0.193 e. The minimum atomic E-state index is 0.374. The summed E-state index contributed by atoms with van der Waals surface area (Å²) in [6, 6.07) is 0.548. The number of likely N-dealkylation sites (tertiary alicyclic amines) is 1. The van der Waals surface area contributed by atoms with Crippen LogP contribution in [0.4, 0.5) is 0 Å². The molecule has 6 nitrogen and oxygen atoms in total. The first-order chi connectivity index (χ1) is 12.1. The van der Waals surface area contributed by atoms with Crippen LogP contribution in [0.25, 0.3) is 0 Å². The normalized spacial score (nSPS) is 29.8. The van der Waals surface area contributed by atoms with E-state index in [1.165, 1.54) is 19.3 Å². The lowest BCUT2D eigenvalue weighted by molar-refractivity contribution is 0.0131. The summed E-state index contributed by atoms with van der Waals surface area (Å²) in [5, 5.41) is 3.67. The van der Waals surface area contributed by atoms with E-state index in [-0.39, 0.29) is 0 Å². The predicted molar refractivity (Wildman–Crippen MR) is 101 cm³/mol. The van der Waals surface area contributed by atoms with Crippen molar-refractivity contribution in [1.29, 1.82) is 0 Å². The molecular formula is C19H36N4O2. The van der Waals surface area contributed by atoms with E-state index in [0.29, 0.717) is 17.4 Å². The predicted octanol–water partition coefficient (Wildman–Crippen LogP) is 1.42. The van der Waals surface area contributed by atoms with Crippen LogP contribution in [0.2, 0.25) is 0 Å². The van der Waals surface area contributed by atoms with Crippen molar-refractivity contribution in [2.75, 3.05) is 66.2 Å². The summed E-state index contributed by atoms with van der Waals surface area (Å²) in [5.74, 6) is 1.76. The molecule has 0 amide bonds. The molecule has 0 bridgehead atoms. The molecule has 0 aromatic rings. The number of nitrogens with one attached hydrogen (secondary N) is 1. The number of hydrogen-bond acceptors (Lipinski definition) is 4. The first-order valence-corrected chi connectivity index (χ1v) is 9.97. The first-order valence-electron chi connectivity index (χ1n) is 9.97. The molecule has 2 unspecified atom stereocenters. The van der Waals surface area contributed by atoms with Crippen LogP contribution < -0.4 is 5.32 Å². The zero-order chi connectivity index (χ0) is 17.7. The highest BCUT2D eigenvalue weighted by molar-refractivity contribution is 5.80. The molecule has 0 aromatic heterocycles. The van der Waals surface area contributed by atoms with Gasteiger partial charge in [-0.05, 0) is 25.2 Å². The molecular weight excluding hydrogens is 316 g/mol. The first kappa shape index (κ1) is 18.9. The van der Waals surface area contributed by atoms with Gasteiger partial charge in [-0.25, -0.2) is 0 Å². The van der Waals surface area contributed by atoms with Gasteiger partial charge in [0.15, 0.2) is 5.96 Å². The summed E-state index contributed by atoms with van der Waals surface area (Å²) >= 11 is 0. The minimum absolute atomic E-state index is 0.374. The molecule has 144 valence electrons. The molecule has 3 heterocycles. The minimum Gasteiger partial charge on any atom is -0.381 e. The summed E-state index contributed by atoms with van der Waals surface area (Å²) in [5.41, 5.74) is 0.374. The standard InChI is InChI=1S/C19H36N4O2/c1-16(2)12-17(22-7-10-24-11-8-22)13-21-18(20-3)23-6-4-19(14-23)5-9-25-15-19/h16-17H,4-15H2,1-3H3,(H,20,21). The number of rotatable bonds is 5. The average molecular weight is 353 g/mol. The van der Waals surface area contributed by atoms with Gasteiger partial charge in [-0.3, -0.25) is 9.89 Å². The Kier molecular flexibility index (Phi) is 6.58. The van der Waals surface area contributed by atoms with Crippen LogP contribution in [-0.2, 0) is 9.47 Å². The third-order valence-electron chi connectivity index (χ3n) is 5.94. The highest BCUT2D eigenvalue weighted by Crippen LogP contribution is 2.38. The van der Waals surface area contributed by atoms with Gasteiger partial charge >= 0.3 is 0 Å². The Labute approximate surface area is 152 Å². The molecule has 0 aliphatic carbocycles. The maximum atomic E-state index is 5.66.